The Morgan fingerprint density at radius 1 is 1.14 bits per heavy atom. The molecule has 0 spiro atoms. The minimum Gasteiger partial charge on any atom is -0.355 e. The maximum atomic E-state index is 12.8. The van der Waals surface area contributed by atoms with Crippen molar-refractivity contribution in [2.24, 2.45) is 0 Å². The number of amides is 1. The average molecular weight is 382 g/mol. The monoisotopic (exact) mass is 381 g/mol. The fraction of sp³-hybridized carbons (Fsp3) is 0.235. The molecule has 0 unspecified atom stereocenters. The quantitative estimate of drug-likeness (QED) is 0.779. The van der Waals surface area contributed by atoms with Crippen molar-refractivity contribution in [3.05, 3.63) is 69.9 Å². The number of nitrogens with one attached hydrogen (secondary N) is 1. The number of carbonyl (C=O) groups excluding carboxylic acids is 1. The Labute approximate surface area is 142 Å². The summed E-state index contributed by atoms with van der Waals surface area (Å²) in [5.41, 5.74) is 2.21. The van der Waals surface area contributed by atoms with Gasteiger partial charge in [0, 0.05) is 16.8 Å². The smallest absolute Gasteiger partial charge is 0.230 e. The van der Waals surface area contributed by atoms with Gasteiger partial charge in [-0.3, -0.25) is 4.79 Å². The molecule has 0 aliphatic rings. The number of hydrogen-bond donors (Lipinski definition) is 1. The summed E-state index contributed by atoms with van der Waals surface area (Å²) >= 11 is 5.02. The molecule has 0 atom stereocenters. The highest BCUT2D eigenvalue weighted by Gasteiger charge is 2.02. The molecule has 0 heterocycles. The molecule has 0 aliphatic carbocycles. The maximum Gasteiger partial charge on any atom is 0.230 e. The molecule has 0 saturated carbocycles. The van der Waals surface area contributed by atoms with E-state index < -0.39 is 0 Å². The standard InChI is InChI=1S/C17H17BrFNOS/c18-15-3-1-2-14(10-15)11-22-12-17(21)20-9-8-13-4-6-16(19)7-5-13/h1-7,10H,8-9,11-12H2,(H,20,21). The Morgan fingerprint density at radius 2 is 1.91 bits per heavy atom. The maximum absolute atomic E-state index is 12.8. The normalized spacial score (nSPS) is 10.5. The highest BCUT2D eigenvalue weighted by atomic mass is 79.9. The molecular formula is C17H17BrFNOS. The van der Waals surface area contributed by atoms with Gasteiger partial charge in [0.05, 0.1) is 5.75 Å². The van der Waals surface area contributed by atoms with E-state index in [1.165, 1.54) is 17.7 Å². The van der Waals surface area contributed by atoms with Gasteiger partial charge in [0.2, 0.25) is 5.91 Å². The molecule has 0 aromatic heterocycles. The molecule has 0 fully saturated rings. The lowest BCUT2D eigenvalue weighted by Gasteiger charge is -2.06. The van der Waals surface area contributed by atoms with Gasteiger partial charge in [-0.15, -0.1) is 11.8 Å². The molecule has 116 valence electrons. The third kappa shape index (κ3) is 6.20. The van der Waals surface area contributed by atoms with Crippen LogP contribution >= 0.6 is 27.7 Å². The third-order valence-electron chi connectivity index (χ3n) is 3.04. The van der Waals surface area contributed by atoms with E-state index in [4.69, 9.17) is 0 Å². The largest absolute Gasteiger partial charge is 0.355 e. The van der Waals surface area contributed by atoms with Gasteiger partial charge >= 0.3 is 0 Å². The highest BCUT2D eigenvalue weighted by molar-refractivity contribution is 9.10. The van der Waals surface area contributed by atoms with Gasteiger partial charge in [0.1, 0.15) is 5.82 Å². The van der Waals surface area contributed by atoms with E-state index in [0.29, 0.717) is 18.7 Å². The summed E-state index contributed by atoms with van der Waals surface area (Å²) < 4.78 is 13.8. The predicted octanol–water partition coefficient (Wildman–Crippen LogP) is 4.18. The number of benzene rings is 2. The van der Waals surface area contributed by atoms with Crippen LogP contribution in [0.25, 0.3) is 0 Å². The van der Waals surface area contributed by atoms with E-state index in [1.54, 1.807) is 23.9 Å². The summed E-state index contributed by atoms with van der Waals surface area (Å²) in [4.78, 5) is 11.7. The summed E-state index contributed by atoms with van der Waals surface area (Å²) in [5, 5.41) is 2.88. The molecule has 1 N–H and O–H groups in total. The zero-order valence-electron chi connectivity index (χ0n) is 12.0. The molecule has 5 heteroatoms. The number of hydrogen-bond acceptors (Lipinski definition) is 2. The number of rotatable bonds is 7. The molecule has 0 radical (unpaired) electrons. The van der Waals surface area contributed by atoms with Crippen LogP contribution in [0.15, 0.2) is 53.0 Å². The first-order valence-corrected chi connectivity index (χ1v) is 8.91. The van der Waals surface area contributed by atoms with Gasteiger partial charge in [0.15, 0.2) is 0 Å². The lowest BCUT2D eigenvalue weighted by Crippen LogP contribution is -2.27. The number of halogens is 2. The van der Waals surface area contributed by atoms with E-state index in [2.05, 4.69) is 27.3 Å². The first kappa shape index (κ1) is 17.0. The molecule has 2 nitrogen and oxygen atoms in total. The van der Waals surface area contributed by atoms with Crippen molar-refractivity contribution < 1.29 is 9.18 Å². The lowest BCUT2D eigenvalue weighted by molar-refractivity contribution is -0.118. The van der Waals surface area contributed by atoms with Crippen LogP contribution < -0.4 is 5.32 Å². The Bertz CT molecular complexity index is 618. The van der Waals surface area contributed by atoms with Crippen LogP contribution in [0.5, 0.6) is 0 Å². The lowest BCUT2D eigenvalue weighted by atomic mass is 10.1. The minimum atomic E-state index is -0.239. The second kappa shape index (κ2) is 8.96. The molecule has 22 heavy (non-hydrogen) atoms. The average Bonchev–Trinajstić information content (AvgIpc) is 2.49. The highest BCUT2D eigenvalue weighted by Crippen LogP contribution is 2.16. The van der Waals surface area contributed by atoms with Gasteiger partial charge in [-0.05, 0) is 41.8 Å². The van der Waals surface area contributed by atoms with Crippen molar-refractivity contribution in [3.63, 3.8) is 0 Å². The molecular weight excluding hydrogens is 365 g/mol. The Balaban J connectivity index is 1.62. The molecule has 0 bridgehead atoms. The summed E-state index contributed by atoms with van der Waals surface area (Å²) in [6, 6.07) is 14.4. The molecule has 0 aliphatic heterocycles. The molecule has 0 saturated heterocycles. The van der Waals surface area contributed by atoms with Gasteiger partial charge in [-0.25, -0.2) is 4.39 Å². The number of carbonyl (C=O) groups is 1. The fourth-order valence-electron chi connectivity index (χ4n) is 1.94. The van der Waals surface area contributed by atoms with Crippen LogP contribution in [0.3, 0.4) is 0 Å². The minimum absolute atomic E-state index is 0.0297. The molecule has 1 amide bonds. The SMILES string of the molecule is O=C(CSCc1cccc(Br)c1)NCCc1ccc(F)cc1. The van der Waals surface area contributed by atoms with Gasteiger partial charge in [0.25, 0.3) is 0 Å². The summed E-state index contributed by atoms with van der Waals surface area (Å²) in [5.74, 6) is 1.04. The van der Waals surface area contributed by atoms with E-state index >= 15 is 0 Å². The second-order valence-corrected chi connectivity index (χ2v) is 6.75. The van der Waals surface area contributed by atoms with Crippen LogP contribution in [0, 0.1) is 5.82 Å². The van der Waals surface area contributed by atoms with E-state index in [-0.39, 0.29) is 11.7 Å². The Kier molecular flexibility index (Phi) is 6.93. The zero-order valence-corrected chi connectivity index (χ0v) is 14.4. The number of thioether (sulfide) groups is 1. The van der Waals surface area contributed by atoms with Crippen molar-refractivity contribution >= 4 is 33.6 Å². The van der Waals surface area contributed by atoms with Gasteiger partial charge in [-0.1, -0.05) is 40.2 Å². The summed E-state index contributed by atoms with van der Waals surface area (Å²) in [6.45, 7) is 0.571. The zero-order chi connectivity index (χ0) is 15.8. The molecule has 2 rings (SSSR count). The first-order chi connectivity index (χ1) is 10.6. The first-order valence-electron chi connectivity index (χ1n) is 6.97. The van der Waals surface area contributed by atoms with E-state index in [0.717, 1.165) is 15.8 Å². The second-order valence-electron chi connectivity index (χ2n) is 4.85. The van der Waals surface area contributed by atoms with Crippen LogP contribution in [0.4, 0.5) is 4.39 Å². The summed E-state index contributed by atoms with van der Waals surface area (Å²) in [7, 11) is 0. The van der Waals surface area contributed by atoms with Crippen molar-refractivity contribution in [1.29, 1.82) is 0 Å². The van der Waals surface area contributed by atoms with Crippen molar-refractivity contribution in [2.75, 3.05) is 12.3 Å². The topological polar surface area (TPSA) is 29.1 Å². The van der Waals surface area contributed by atoms with Crippen LogP contribution in [-0.2, 0) is 17.0 Å². The van der Waals surface area contributed by atoms with Crippen LogP contribution in [0.2, 0.25) is 0 Å². The van der Waals surface area contributed by atoms with Crippen LogP contribution in [-0.4, -0.2) is 18.2 Å². The molecule has 2 aromatic carbocycles. The Hall–Kier alpha value is -1.33. The molecule has 2 aromatic rings. The van der Waals surface area contributed by atoms with Gasteiger partial charge in [-0.2, -0.15) is 0 Å². The van der Waals surface area contributed by atoms with Crippen molar-refractivity contribution in [1.82, 2.24) is 5.32 Å². The van der Waals surface area contributed by atoms with Gasteiger partial charge < -0.3 is 5.32 Å². The fourth-order valence-corrected chi connectivity index (χ4v) is 3.19. The van der Waals surface area contributed by atoms with E-state index in [9.17, 15) is 9.18 Å². The summed E-state index contributed by atoms with van der Waals surface area (Å²) in [6.07, 6.45) is 0.711. The third-order valence-corrected chi connectivity index (χ3v) is 4.54. The van der Waals surface area contributed by atoms with Crippen molar-refractivity contribution in [3.8, 4) is 0 Å². The van der Waals surface area contributed by atoms with Crippen molar-refractivity contribution in [2.45, 2.75) is 12.2 Å². The predicted molar refractivity (Wildman–Crippen MR) is 93.4 cm³/mol. The van der Waals surface area contributed by atoms with E-state index in [1.807, 2.05) is 18.2 Å². The van der Waals surface area contributed by atoms with Crippen LogP contribution in [0.1, 0.15) is 11.1 Å². The Morgan fingerprint density at radius 3 is 2.64 bits per heavy atom.